The fraction of sp³-hybridized carbons (Fsp3) is 0.160. The zero-order chi connectivity index (χ0) is 22.4. The number of likely N-dealkylation sites (N-methyl/N-ethyl adjacent to an activating group) is 1. The van der Waals surface area contributed by atoms with Crippen molar-refractivity contribution in [3.05, 3.63) is 101 Å². The van der Waals surface area contributed by atoms with Gasteiger partial charge in [0.15, 0.2) is 0 Å². The Bertz CT molecular complexity index is 1130. The minimum absolute atomic E-state index is 0.0348. The normalized spacial score (nSPS) is 10.9. The summed E-state index contributed by atoms with van der Waals surface area (Å²) in [6.07, 6.45) is 5.64. The Morgan fingerprint density at radius 2 is 1.74 bits per heavy atom. The fourth-order valence-corrected chi connectivity index (χ4v) is 3.21. The summed E-state index contributed by atoms with van der Waals surface area (Å²) in [6.45, 7) is 2.12. The number of aliphatic carboxylic acids is 1. The Hall–Kier alpha value is -3.93. The van der Waals surface area contributed by atoms with E-state index in [0.717, 1.165) is 16.0 Å². The number of carboxylic acids is 1. The van der Waals surface area contributed by atoms with Crippen molar-refractivity contribution < 1.29 is 19.5 Å². The van der Waals surface area contributed by atoms with Gasteiger partial charge in [0.05, 0.1) is 5.69 Å². The number of allylic oxidation sites excluding steroid dienone is 1. The van der Waals surface area contributed by atoms with Gasteiger partial charge in [0, 0.05) is 30.9 Å². The summed E-state index contributed by atoms with van der Waals surface area (Å²) < 4.78 is 1.87. The SMILES string of the molecule is Cc1ccc(C(=O)c2cccn2C/C=C/c2cccc(C(=O)N(C)CC(=O)O)c2)cc1. The number of nitrogens with zero attached hydrogens (tertiary/aromatic N) is 2. The van der Waals surface area contributed by atoms with Crippen molar-refractivity contribution in [1.82, 2.24) is 9.47 Å². The van der Waals surface area contributed by atoms with E-state index in [1.807, 2.05) is 66.2 Å². The molecule has 0 fully saturated rings. The van der Waals surface area contributed by atoms with Crippen molar-refractivity contribution in [2.75, 3.05) is 13.6 Å². The molecule has 0 aliphatic heterocycles. The summed E-state index contributed by atoms with van der Waals surface area (Å²) in [7, 11) is 1.46. The summed E-state index contributed by atoms with van der Waals surface area (Å²) in [5.74, 6) is -1.45. The largest absolute Gasteiger partial charge is 0.480 e. The molecule has 0 spiro atoms. The van der Waals surface area contributed by atoms with Crippen LogP contribution in [0.25, 0.3) is 6.08 Å². The van der Waals surface area contributed by atoms with E-state index in [1.54, 1.807) is 24.3 Å². The fourth-order valence-electron chi connectivity index (χ4n) is 3.21. The first-order valence-electron chi connectivity index (χ1n) is 9.85. The van der Waals surface area contributed by atoms with Crippen LogP contribution in [0.3, 0.4) is 0 Å². The Morgan fingerprint density at radius 3 is 2.45 bits per heavy atom. The van der Waals surface area contributed by atoms with Gasteiger partial charge in [-0.1, -0.05) is 54.1 Å². The molecule has 3 aromatic rings. The summed E-state index contributed by atoms with van der Waals surface area (Å²) in [4.78, 5) is 37.1. The molecule has 6 nitrogen and oxygen atoms in total. The van der Waals surface area contributed by atoms with Gasteiger partial charge in [0.2, 0.25) is 5.78 Å². The lowest BCUT2D eigenvalue weighted by Crippen LogP contribution is -2.31. The standard InChI is InChI=1S/C25H24N2O4/c1-18-10-12-20(13-11-18)24(30)22-9-5-15-27(22)14-4-7-19-6-3-8-21(16-19)25(31)26(2)17-23(28)29/h3-13,15-16H,14,17H2,1-2H3,(H,28,29)/b7-4+. The molecule has 0 saturated carbocycles. The van der Waals surface area contributed by atoms with Crippen LogP contribution in [0.4, 0.5) is 0 Å². The topological polar surface area (TPSA) is 79.6 Å². The van der Waals surface area contributed by atoms with Crippen LogP contribution in [0.2, 0.25) is 0 Å². The van der Waals surface area contributed by atoms with Crippen LogP contribution in [0, 0.1) is 6.92 Å². The van der Waals surface area contributed by atoms with Crippen LogP contribution in [0.5, 0.6) is 0 Å². The van der Waals surface area contributed by atoms with Gasteiger partial charge >= 0.3 is 5.97 Å². The molecule has 3 rings (SSSR count). The van der Waals surface area contributed by atoms with Crippen LogP contribution in [-0.2, 0) is 11.3 Å². The van der Waals surface area contributed by atoms with Crippen LogP contribution in [0.15, 0.2) is 72.9 Å². The highest BCUT2D eigenvalue weighted by atomic mass is 16.4. The average Bonchev–Trinajstić information content (AvgIpc) is 3.21. The van der Waals surface area contributed by atoms with Gasteiger partial charge in [-0.25, -0.2) is 0 Å². The number of aryl methyl sites for hydroxylation is 1. The second kappa shape index (κ2) is 9.71. The Morgan fingerprint density at radius 1 is 1.00 bits per heavy atom. The third-order valence-electron chi connectivity index (χ3n) is 4.84. The van der Waals surface area contributed by atoms with E-state index in [4.69, 9.17) is 5.11 Å². The number of amides is 1. The van der Waals surface area contributed by atoms with Crippen molar-refractivity contribution in [2.45, 2.75) is 13.5 Å². The first-order valence-corrected chi connectivity index (χ1v) is 9.85. The number of aromatic nitrogens is 1. The van der Waals surface area contributed by atoms with Gasteiger partial charge in [-0.15, -0.1) is 0 Å². The summed E-state index contributed by atoms with van der Waals surface area (Å²) in [5.41, 5.74) is 3.58. The molecule has 0 atom stereocenters. The maximum atomic E-state index is 12.8. The molecule has 0 radical (unpaired) electrons. The minimum atomic E-state index is -1.06. The Labute approximate surface area is 181 Å². The number of carbonyl (C=O) groups excluding carboxylic acids is 2. The molecule has 0 bridgehead atoms. The molecule has 31 heavy (non-hydrogen) atoms. The van der Waals surface area contributed by atoms with Crippen molar-refractivity contribution in [3.63, 3.8) is 0 Å². The highest BCUT2D eigenvalue weighted by Crippen LogP contribution is 2.14. The molecule has 0 unspecified atom stereocenters. The van der Waals surface area contributed by atoms with Crippen molar-refractivity contribution >= 4 is 23.7 Å². The van der Waals surface area contributed by atoms with Gasteiger partial charge in [0.25, 0.3) is 5.91 Å². The quantitative estimate of drug-likeness (QED) is 0.565. The van der Waals surface area contributed by atoms with E-state index >= 15 is 0 Å². The van der Waals surface area contributed by atoms with E-state index < -0.39 is 5.97 Å². The van der Waals surface area contributed by atoms with Crippen molar-refractivity contribution in [1.29, 1.82) is 0 Å². The van der Waals surface area contributed by atoms with E-state index in [-0.39, 0.29) is 18.2 Å². The second-order valence-electron chi connectivity index (χ2n) is 7.32. The molecule has 0 aliphatic rings. The molecule has 158 valence electrons. The lowest BCUT2D eigenvalue weighted by Gasteiger charge is -2.14. The molecule has 1 aromatic heterocycles. The number of rotatable bonds is 8. The maximum absolute atomic E-state index is 12.8. The molecule has 1 amide bonds. The average molecular weight is 416 g/mol. The Kier molecular flexibility index (Phi) is 6.82. The number of ketones is 1. The minimum Gasteiger partial charge on any atom is -0.480 e. The van der Waals surface area contributed by atoms with Gasteiger partial charge in [0.1, 0.15) is 6.54 Å². The zero-order valence-corrected chi connectivity index (χ0v) is 17.5. The van der Waals surface area contributed by atoms with Crippen LogP contribution in [0.1, 0.15) is 37.5 Å². The second-order valence-corrected chi connectivity index (χ2v) is 7.32. The maximum Gasteiger partial charge on any atom is 0.323 e. The molecule has 1 N–H and O–H groups in total. The highest BCUT2D eigenvalue weighted by Gasteiger charge is 2.14. The van der Waals surface area contributed by atoms with Gasteiger partial charge in [-0.05, 0) is 36.8 Å². The van der Waals surface area contributed by atoms with Gasteiger partial charge in [-0.3, -0.25) is 14.4 Å². The first kappa shape index (κ1) is 21.8. The smallest absolute Gasteiger partial charge is 0.323 e. The third-order valence-corrected chi connectivity index (χ3v) is 4.84. The zero-order valence-electron chi connectivity index (χ0n) is 17.5. The molecular formula is C25H24N2O4. The van der Waals surface area contributed by atoms with E-state index in [2.05, 4.69) is 0 Å². The third kappa shape index (κ3) is 5.57. The van der Waals surface area contributed by atoms with Crippen molar-refractivity contribution in [2.24, 2.45) is 0 Å². The lowest BCUT2D eigenvalue weighted by molar-refractivity contribution is -0.137. The van der Waals surface area contributed by atoms with Crippen molar-refractivity contribution in [3.8, 4) is 0 Å². The van der Waals surface area contributed by atoms with Crippen LogP contribution >= 0.6 is 0 Å². The number of hydrogen-bond donors (Lipinski definition) is 1. The predicted molar refractivity (Wildman–Crippen MR) is 119 cm³/mol. The van der Waals surface area contributed by atoms with Crippen LogP contribution in [-0.4, -0.2) is 45.8 Å². The summed E-state index contributed by atoms with van der Waals surface area (Å²) in [6, 6.07) is 18.1. The molecule has 2 aromatic carbocycles. The van der Waals surface area contributed by atoms with E-state index in [1.165, 1.54) is 7.05 Å². The van der Waals surface area contributed by atoms with E-state index in [0.29, 0.717) is 23.4 Å². The Balaban J connectivity index is 1.70. The monoisotopic (exact) mass is 416 g/mol. The molecular weight excluding hydrogens is 392 g/mol. The number of hydrogen-bond acceptors (Lipinski definition) is 3. The van der Waals surface area contributed by atoms with Crippen LogP contribution < -0.4 is 0 Å². The molecule has 1 heterocycles. The van der Waals surface area contributed by atoms with Gasteiger partial charge in [-0.2, -0.15) is 0 Å². The number of carboxylic acid groups (broad SMARTS) is 1. The predicted octanol–water partition coefficient (Wildman–Crippen LogP) is 3.90. The van der Waals surface area contributed by atoms with Gasteiger partial charge < -0.3 is 14.6 Å². The van der Waals surface area contributed by atoms with E-state index in [9.17, 15) is 14.4 Å². The number of carbonyl (C=O) groups is 3. The molecule has 0 aliphatic carbocycles. The highest BCUT2D eigenvalue weighted by molar-refractivity contribution is 6.08. The summed E-state index contributed by atoms with van der Waals surface area (Å²) in [5, 5.41) is 8.86. The lowest BCUT2D eigenvalue weighted by atomic mass is 10.1. The molecule has 6 heteroatoms. The molecule has 0 saturated heterocycles. The number of benzene rings is 2. The summed E-state index contributed by atoms with van der Waals surface area (Å²) >= 11 is 0. The first-order chi connectivity index (χ1) is 14.8.